The molecule has 0 bridgehead atoms. The van der Waals surface area contributed by atoms with Crippen LogP contribution in [0.15, 0.2) is 24.3 Å². The first-order chi connectivity index (χ1) is 9.89. The lowest BCUT2D eigenvalue weighted by molar-refractivity contribution is 0.286. The Hall–Kier alpha value is -1.09. The summed E-state index contributed by atoms with van der Waals surface area (Å²) in [5.74, 6) is 0.527. The van der Waals surface area contributed by atoms with Gasteiger partial charge in [-0.1, -0.05) is 46.2 Å². The van der Waals surface area contributed by atoms with Crippen LogP contribution in [0.5, 0.6) is 0 Å². The van der Waals surface area contributed by atoms with Crippen LogP contribution in [0.1, 0.15) is 40.5 Å². The van der Waals surface area contributed by atoms with Gasteiger partial charge < -0.3 is 10.2 Å². The summed E-state index contributed by atoms with van der Waals surface area (Å²) in [7, 11) is 0. The zero-order valence-electron chi connectivity index (χ0n) is 13.8. The predicted molar refractivity (Wildman–Crippen MR) is 88.3 cm³/mol. The van der Waals surface area contributed by atoms with Gasteiger partial charge in [0.1, 0.15) is 5.82 Å². The van der Waals surface area contributed by atoms with E-state index in [1.54, 1.807) is 12.1 Å². The fourth-order valence-corrected chi connectivity index (χ4v) is 3.00. The van der Waals surface area contributed by atoms with Gasteiger partial charge in [-0.25, -0.2) is 4.39 Å². The van der Waals surface area contributed by atoms with Gasteiger partial charge in [-0.3, -0.25) is 0 Å². The lowest BCUT2D eigenvalue weighted by Crippen LogP contribution is -2.51. The van der Waals surface area contributed by atoms with Crippen LogP contribution in [0, 0.1) is 17.2 Å². The van der Waals surface area contributed by atoms with Gasteiger partial charge in [-0.05, 0) is 29.9 Å². The second-order valence-corrected chi connectivity index (χ2v) is 7.50. The highest BCUT2D eigenvalue weighted by Crippen LogP contribution is 2.27. The summed E-state index contributed by atoms with van der Waals surface area (Å²) in [6.07, 6.45) is 2.34. The number of para-hydroxylation sites is 1. The molecule has 1 aliphatic heterocycles. The van der Waals surface area contributed by atoms with E-state index in [-0.39, 0.29) is 11.2 Å². The number of piperidine rings is 1. The summed E-state index contributed by atoms with van der Waals surface area (Å²) in [6, 6.07) is 7.58. The summed E-state index contributed by atoms with van der Waals surface area (Å²) in [4.78, 5) is 2.22. The minimum absolute atomic E-state index is 0.108. The SMILES string of the molecule is CCC1CC(NCC(C)(C)C)CN(c2ccccc2F)C1. The average molecular weight is 292 g/mol. The van der Waals surface area contributed by atoms with E-state index in [1.807, 2.05) is 12.1 Å². The van der Waals surface area contributed by atoms with Crippen LogP contribution in [0.25, 0.3) is 0 Å². The molecular formula is C18H29FN2. The van der Waals surface area contributed by atoms with Crippen LogP contribution in [-0.2, 0) is 0 Å². The molecule has 2 unspecified atom stereocenters. The van der Waals surface area contributed by atoms with Crippen molar-refractivity contribution in [1.82, 2.24) is 5.32 Å². The normalized spacial score (nSPS) is 23.4. The highest BCUT2D eigenvalue weighted by Gasteiger charge is 2.28. The summed E-state index contributed by atoms with van der Waals surface area (Å²) >= 11 is 0. The van der Waals surface area contributed by atoms with Crippen LogP contribution in [0.2, 0.25) is 0 Å². The molecule has 1 heterocycles. The molecule has 1 aromatic carbocycles. The quantitative estimate of drug-likeness (QED) is 0.900. The third-order valence-electron chi connectivity index (χ3n) is 4.23. The average Bonchev–Trinajstić information content (AvgIpc) is 2.44. The zero-order valence-corrected chi connectivity index (χ0v) is 13.8. The minimum Gasteiger partial charge on any atom is -0.367 e. The van der Waals surface area contributed by atoms with Crippen molar-refractivity contribution in [1.29, 1.82) is 0 Å². The third kappa shape index (κ3) is 4.70. The monoisotopic (exact) mass is 292 g/mol. The van der Waals surface area contributed by atoms with E-state index in [0.29, 0.717) is 12.0 Å². The second kappa shape index (κ2) is 6.78. The van der Waals surface area contributed by atoms with Gasteiger partial charge >= 0.3 is 0 Å². The molecule has 2 atom stereocenters. The molecule has 21 heavy (non-hydrogen) atoms. The Morgan fingerprint density at radius 1 is 1.24 bits per heavy atom. The molecular weight excluding hydrogens is 263 g/mol. The highest BCUT2D eigenvalue weighted by atomic mass is 19.1. The van der Waals surface area contributed by atoms with Gasteiger partial charge in [-0.2, -0.15) is 0 Å². The van der Waals surface area contributed by atoms with E-state index >= 15 is 0 Å². The first kappa shape index (κ1) is 16.3. The maximum atomic E-state index is 14.0. The smallest absolute Gasteiger partial charge is 0.146 e. The van der Waals surface area contributed by atoms with Crippen molar-refractivity contribution in [3.05, 3.63) is 30.1 Å². The van der Waals surface area contributed by atoms with Gasteiger partial charge in [0, 0.05) is 25.7 Å². The molecule has 0 amide bonds. The number of hydrogen-bond donors (Lipinski definition) is 1. The van der Waals surface area contributed by atoms with Crippen molar-refractivity contribution in [3.8, 4) is 0 Å². The van der Waals surface area contributed by atoms with Crippen LogP contribution in [-0.4, -0.2) is 25.7 Å². The number of halogens is 1. The predicted octanol–water partition coefficient (Wildman–Crippen LogP) is 4.07. The Balaban J connectivity index is 2.07. The number of anilines is 1. The first-order valence-corrected chi connectivity index (χ1v) is 8.12. The van der Waals surface area contributed by atoms with Crippen molar-refractivity contribution < 1.29 is 4.39 Å². The fourth-order valence-electron chi connectivity index (χ4n) is 3.00. The molecule has 3 heteroatoms. The van der Waals surface area contributed by atoms with E-state index in [1.165, 1.54) is 6.42 Å². The summed E-state index contributed by atoms with van der Waals surface area (Å²) in [5.41, 5.74) is 1.03. The Morgan fingerprint density at radius 2 is 1.95 bits per heavy atom. The van der Waals surface area contributed by atoms with Crippen molar-refractivity contribution in [2.45, 2.75) is 46.6 Å². The van der Waals surface area contributed by atoms with Gasteiger partial charge in [-0.15, -0.1) is 0 Å². The Bertz CT molecular complexity index is 453. The maximum absolute atomic E-state index is 14.0. The maximum Gasteiger partial charge on any atom is 0.146 e. The van der Waals surface area contributed by atoms with E-state index in [9.17, 15) is 4.39 Å². The Labute approximate surface area is 128 Å². The first-order valence-electron chi connectivity index (χ1n) is 8.12. The van der Waals surface area contributed by atoms with Crippen LogP contribution in [0.4, 0.5) is 10.1 Å². The number of benzene rings is 1. The summed E-state index contributed by atoms with van der Waals surface area (Å²) < 4.78 is 14.0. The largest absolute Gasteiger partial charge is 0.367 e. The summed E-state index contributed by atoms with van der Waals surface area (Å²) in [5, 5.41) is 3.68. The lowest BCUT2D eigenvalue weighted by atomic mass is 9.90. The number of rotatable bonds is 4. The Morgan fingerprint density at radius 3 is 2.57 bits per heavy atom. The van der Waals surface area contributed by atoms with E-state index < -0.39 is 0 Å². The van der Waals surface area contributed by atoms with Gasteiger partial charge in [0.15, 0.2) is 0 Å². The van der Waals surface area contributed by atoms with Gasteiger partial charge in [0.05, 0.1) is 5.69 Å². The molecule has 2 rings (SSSR count). The molecule has 1 saturated heterocycles. The minimum atomic E-state index is -0.108. The molecule has 1 N–H and O–H groups in total. The molecule has 0 aromatic heterocycles. The molecule has 0 aliphatic carbocycles. The van der Waals surface area contributed by atoms with Crippen molar-refractivity contribution in [3.63, 3.8) is 0 Å². The van der Waals surface area contributed by atoms with Crippen LogP contribution < -0.4 is 10.2 Å². The Kier molecular flexibility index (Phi) is 5.26. The van der Waals surface area contributed by atoms with Gasteiger partial charge in [0.25, 0.3) is 0 Å². The summed E-state index contributed by atoms with van der Waals surface area (Å²) in [6.45, 7) is 11.8. The molecule has 1 fully saturated rings. The number of hydrogen-bond acceptors (Lipinski definition) is 2. The number of nitrogens with one attached hydrogen (secondary N) is 1. The zero-order chi connectivity index (χ0) is 15.5. The fraction of sp³-hybridized carbons (Fsp3) is 0.667. The highest BCUT2D eigenvalue weighted by molar-refractivity contribution is 5.48. The van der Waals surface area contributed by atoms with Crippen molar-refractivity contribution >= 4 is 5.69 Å². The van der Waals surface area contributed by atoms with E-state index in [4.69, 9.17) is 0 Å². The van der Waals surface area contributed by atoms with Crippen molar-refractivity contribution in [2.24, 2.45) is 11.3 Å². The molecule has 0 radical (unpaired) electrons. The molecule has 118 valence electrons. The second-order valence-electron chi connectivity index (χ2n) is 7.50. The third-order valence-corrected chi connectivity index (χ3v) is 4.23. The molecule has 2 nitrogen and oxygen atoms in total. The van der Waals surface area contributed by atoms with E-state index in [2.05, 4.69) is 37.9 Å². The molecule has 1 aliphatic rings. The molecule has 1 aromatic rings. The van der Waals surface area contributed by atoms with Crippen LogP contribution >= 0.6 is 0 Å². The molecule has 0 spiro atoms. The van der Waals surface area contributed by atoms with Crippen LogP contribution in [0.3, 0.4) is 0 Å². The topological polar surface area (TPSA) is 15.3 Å². The van der Waals surface area contributed by atoms with Crippen molar-refractivity contribution in [2.75, 3.05) is 24.5 Å². The lowest BCUT2D eigenvalue weighted by Gasteiger charge is -2.40. The van der Waals surface area contributed by atoms with E-state index in [0.717, 1.165) is 31.7 Å². The number of nitrogens with zero attached hydrogens (tertiary/aromatic N) is 1. The van der Waals surface area contributed by atoms with Gasteiger partial charge in [0.2, 0.25) is 0 Å². The standard InChI is InChI=1S/C18H29FN2/c1-5-14-10-15(20-13-18(2,3)4)12-21(11-14)17-9-7-6-8-16(17)19/h6-9,14-15,20H,5,10-13H2,1-4H3. The molecule has 0 saturated carbocycles.